The number of carboxylic acid groups (broad SMARTS) is 2. The van der Waals surface area contributed by atoms with E-state index in [2.05, 4.69) is 71.6 Å². The first-order valence-electron chi connectivity index (χ1n) is 17.1. The summed E-state index contributed by atoms with van der Waals surface area (Å²) >= 11 is 0. The molecule has 266 valence electrons. The topological polar surface area (TPSA) is 135 Å². The number of hydrogen-bond acceptors (Lipinski definition) is 6. The molecule has 0 aliphatic heterocycles. The predicted molar refractivity (Wildman–Crippen MR) is 218 cm³/mol. The lowest BCUT2D eigenvalue weighted by Gasteiger charge is -2.26. The SMILES string of the molecule is COc1ccc2cc(N(c3ccc(/C=C/c4ccc(/C=C(\C#N)C(=O)O)cc4)cc3)c3ccc(/C=C/c4ccc(/C=C(\C#N)C(=O)O)cc4)cc3)ccc2c1. The van der Waals surface area contributed by atoms with E-state index < -0.39 is 11.9 Å². The molecule has 0 radical (unpaired) electrons. The highest BCUT2D eigenvalue weighted by Gasteiger charge is 2.14. The van der Waals surface area contributed by atoms with E-state index in [0.717, 1.165) is 55.8 Å². The molecule has 8 heteroatoms. The van der Waals surface area contributed by atoms with Crippen LogP contribution in [0.3, 0.4) is 0 Å². The van der Waals surface area contributed by atoms with E-state index in [-0.39, 0.29) is 11.1 Å². The summed E-state index contributed by atoms with van der Waals surface area (Å²) in [6.45, 7) is 0. The number of methoxy groups -OCH3 is 1. The minimum absolute atomic E-state index is 0.319. The van der Waals surface area contributed by atoms with Crippen molar-refractivity contribution in [2.75, 3.05) is 12.0 Å². The van der Waals surface area contributed by atoms with Crippen LogP contribution in [0.5, 0.6) is 5.75 Å². The van der Waals surface area contributed by atoms with Crippen molar-refractivity contribution in [2.24, 2.45) is 0 Å². The Morgan fingerprint density at radius 2 is 0.855 bits per heavy atom. The minimum Gasteiger partial charge on any atom is -0.497 e. The third-order valence-corrected chi connectivity index (χ3v) is 8.72. The molecule has 0 aliphatic carbocycles. The van der Waals surface area contributed by atoms with Gasteiger partial charge in [-0.1, -0.05) is 109 Å². The highest BCUT2D eigenvalue weighted by atomic mass is 16.5. The molecule has 0 amide bonds. The van der Waals surface area contributed by atoms with Crippen LogP contribution in [0.2, 0.25) is 0 Å². The zero-order valence-electron chi connectivity index (χ0n) is 29.6. The molecular weight excluding hydrogens is 687 g/mol. The van der Waals surface area contributed by atoms with Crippen molar-refractivity contribution in [3.63, 3.8) is 0 Å². The highest BCUT2D eigenvalue weighted by molar-refractivity contribution is 5.97. The number of ether oxygens (including phenoxy) is 1. The molecule has 0 atom stereocenters. The summed E-state index contributed by atoms with van der Waals surface area (Å²) < 4.78 is 5.43. The Labute approximate surface area is 318 Å². The zero-order chi connectivity index (χ0) is 38.7. The molecule has 0 spiro atoms. The maximum absolute atomic E-state index is 11.2. The van der Waals surface area contributed by atoms with E-state index in [9.17, 15) is 9.59 Å². The van der Waals surface area contributed by atoms with Crippen LogP contribution in [-0.4, -0.2) is 29.3 Å². The van der Waals surface area contributed by atoms with Crippen molar-refractivity contribution < 1.29 is 24.5 Å². The molecule has 2 N–H and O–H groups in total. The van der Waals surface area contributed by atoms with Crippen LogP contribution in [0.4, 0.5) is 17.1 Å². The molecule has 8 nitrogen and oxygen atoms in total. The van der Waals surface area contributed by atoms with Crippen LogP contribution in [0.15, 0.2) is 145 Å². The van der Waals surface area contributed by atoms with Gasteiger partial charge in [-0.25, -0.2) is 9.59 Å². The number of rotatable bonds is 12. The second-order valence-electron chi connectivity index (χ2n) is 12.4. The van der Waals surface area contributed by atoms with Crippen LogP contribution < -0.4 is 9.64 Å². The molecule has 0 fully saturated rings. The predicted octanol–water partition coefficient (Wildman–Crippen LogP) is 10.6. The van der Waals surface area contributed by atoms with Crippen molar-refractivity contribution in [3.8, 4) is 17.9 Å². The Morgan fingerprint density at radius 3 is 1.24 bits per heavy atom. The fourth-order valence-corrected chi connectivity index (χ4v) is 5.80. The summed E-state index contributed by atoms with van der Waals surface area (Å²) in [4.78, 5) is 24.5. The molecule has 6 rings (SSSR count). The van der Waals surface area contributed by atoms with Crippen LogP contribution in [0.1, 0.15) is 33.4 Å². The molecule has 6 aromatic rings. The maximum atomic E-state index is 11.2. The van der Waals surface area contributed by atoms with E-state index in [1.807, 2.05) is 66.8 Å². The Bertz CT molecular complexity index is 2430. The van der Waals surface area contributed by atoms with Gasteiger partial charge in [0.25, 0.3) is 0 Å². The number of carboxylic acids is 2. The van der Waals surface area contributed by atoms with Crippen LogP contribution >= 0.6 is 0 Å². The van der Waals surface area contributed by atoms with Gasteiger partial charge < -0.3 is 19.8 Å². The molecule has 0 saturated carbocycles. The van der Waals surface area contributed by atoms with E-state index in [0.29, 0.717) is 11.1 Å². The number of anilines is 3. The highest BCUT2D eigenvalue weighted by Crippen LogP contribution is 2.37. The minimum atomic E-state index is -1.26. The Hall–Kier alpha value is -7.94. The monoisotopic (exact) mass is 719 g/mol. The second-order valence-corrected chi connectivity index (χ2v) is 12.4. The van der Waals surface area contributed by atoms with E-state index in [1.165, 1.54) is 12.2 Å². The first-order valence-corrected chi connectivity index (χ1v) is 17.1. The van der Waals surface area contributed by atoms with Crippen molar-refractivity contribution in [1.82, 2.24) is 0 Å². The summed E-state index contributed by atoms with van der Waals surface area (Å²) in [7, 11) is 1.66. The Morgan fingerprint density at radius 1 is 0.509 bits per heavy atom. The van der Waals surface area contributed by atoms with Gasteiger partial charge >= 0.3 is 11.9 Å². The molecule has 0 unspecified atom stereocenters. The lowest BCUT2D eigenvalue weighted by atomic mass is 10.1. The van der Waals surface area contributed by atoms with Crippen LogP contribution in [-0.2, 0) is 9.59 Å². The van der Waals surface area contributed by atoms with Crippen molar-refractivity contribution in [3.05, 3.63) is 178 Å². The summed E-state index contributed by atoms with van der Waals surface area (Å²) in [5.41, 5.74) is 7.38. The third kappa shape index (κ3) is 9.30. The number of hydrogen-bond donors (Lipinski definition) is 2. The number of aliphatic carboxylic acids is 2. The molecule has 0 saturated heterocycles. The maximum Gasteiger partial charge on any atom is 0.346 e. The molecule has 6 aromatic carbocycles. The number of nitriles is 2. The zero-order valence-corrected chi connectivity index (χ0v) is 29.6. The van der Waals surface area contributed by atoms with Gasteiger partial charge in [-0.2, -0.15) is 10.5 Å². The number of carbonyl (C=O) groups is 2. The average Bonchev–Trinajstić information content (AvgIpc) is 3.21. The first-order chi connectivity index (χ1) is 26.7. The second kappa shape index (κ2) is 17.1. The molecule has 55 heavy (non-hydrogen) atoms. The van der Waals surface area contributed by atoms with E-state index in [4.69, 9.17) is 25.5 Å². The van der Waals surface area contributed by atoms with Crippen molar-refractivity contribution >= 4 is 76.2 Å². The van der Waals surface area contributed by atoms with Crippen molar-refractivity contribution in [2.45, 2.75) is 0 Å². The average molecular weight is 720 g/mol. The summed E-state index contributed by atoms with van der Waals surface area (Å²) in [5, 5.41) is 38.4. The molecule has 0 aromatic heterocycles. The van der Waals surface area contributed by atoms with Crippen LogP contribution in [0.25, 0.3) is 47.2 Å². The van der Waals surface area contributed by atoms with Crippen LogP contribution in [0, 0.1) is 22.7 Å². The standard InChI is InChI=1S/C47H33N3O5/c1-55-45-25-19-38-28-44(24-18-39(38)29-45)50(42-20-14-34(15-21-42)4-2-32-6-10-36(11-7-32)26-40(30-48)46(51)52)43-22-16-35(17-23-43)5-3-33-8-12-37(13-9-33)27-41(31-49)47(53)54/h2-29H,1H3,(H,51,52)(H,53,54)/b4-2+,5-3+,40-26+,41-27+. The fourth-order valence-electron chi connectivity index (χ4n) is 5.80. The fraction of sp³-hybridized carbons (Fsp3) is 0.0213. The molecular formula is C47H33N3O5. The van der Waals surface area contributed by atoms with E-state index >= 15 is 0 Å². The largest absolute Gasteiger partial charge is 0.497 e. The van der Waals surface area contributed by atoms with Gasteiger partial charge in [0.15, 0.2) is 0 Å². The van der Waals surface area contributed by atoms with E-state index in [1.54, 1.807) is 43.5 Å². The lowest BCUT2D eigenvalue weighted by molar-refractivity contribution is -0.133. The van der Waals surface area contributed by atoms with Gasteiger partial charge in [-0.15, -0.1) is 0 Å². The normalized spacial score (nSPS) is 11.7. The third-order valence-electron chi connectivity index (χ3n) is 8.72. The smallest absolute Gasteiger partial charge is 0.346 e. The molecule has 0 aliphatic rings. The molecule has 0 bridgehead atoms. The number of fused-ring (bicyclic) bond motifs is 1. The van der Waals surface area contributed by atoms with Gasteiger partial charge in [0.2, 0.25) is 0 Å². The Kier molecular flexibility index (Phi) is 11.4. The summed E-state index contributed by atoms with van der Waals surface area (Å²) in [6, 6.07) is 46.8. The number of nitrogens with zero attached hydrogens (tertiary/aromatic N) is 3. The summed E-state index contributed by atoms with van der Waals surface area (Å²) in [6.07, 6.45) is 10.6. The quantitative estimate of drug-likeness (QED) is 0.0725. The van der Waals surface area contributed by atoms with Gasteiger partial charge in [0, 0.05) is 17.1 Å². The number of benzene rings is 6. The van der Waals surface area contributed by atoms with Gasteiger partial charge in [-0.3, -0.25) is 0 Å². The molecule has 0 heterocycles. The first kappa shape index (κ1) is 36.8. The summed E-state index contributed by atoms with van der Waals surface area (Å²) in [5.74, 6) is -1.72. The van der Waals surface area contributed by atoms with Gasteiger partial charge in [0.1, 0.15) is 29.0 Å². The van der Waals surface area contributed by atoms with Crippen molar-refractivity contribution in [1.29, 1.82) is 10.5 Å². The van der Waals surface area contributed by atoms with Gasteiger partial charge in [0.05, 0.1) is 7.11 Å². The van der Waals surface area contributed by atoms with Gasteiger partial charge in [-0.05, 0) is 105 Å². The lowest BCUT2D eigenvalue weighted by Crippen LogP contribution is -2.09. The Balaban J connectivity index is 1.25.